The fraction of sp³-hybridized carbons (Fsp3) is 0.345. The quantitative estimate of drug-likeness (QED) is 0.0536. The Morgan fingerprint density at radius 2 is 0.934 bits per heavy atom. The molecular formula is C55H62O6. The van der Waals surface area contributed by atoms with Crippen molar-refractivity contribution in [2.75, 3.05) is 6.61 Å². The zero-order valence-electron chi connectivity index (χ0n) is 35.9. The lowest BCUT2D eigenvalue weighted by Crippen LogP contribution is -2.33. The summed E-state index contributed by atoms with van der Waals surface area (Å²) < 4.78 is 39.9. The van der Waals surface area contributed by atoms with Crippen molar-refractivity contribution < 1.29 is 28.4 Å². The normalized spacial score (nSPS) is 14.4. The molecule has 6 heteroatoms. The number of ether oxygens (including phenoxy) is 6. The summed E-state index contributed by atoms with van der Waals surface area (Å²) in [6.45, 7) is 4.62. The number of hydrogen-bond acceptors (Lipinski definition) is 6. The second-order valence-corrected chi connectivity index (χ2v) is 16.0. The van der Waals surface area contributed by atoms with Crippen LogP contribution in [0.25, 0.3) is 0 Å². The summed E-state index contributed by atoms with van der Waals surface area (Å²) in [7, 11) is 0. The van der Waals surface area contributed by atoms with Crippen LogP contribution in [0.2, 0.25) is 0 Å². The summed E-state index contributed by atoms with van der Waals surface area (Å²) in [5.74, 6) is 3.49. The molecule has 6 aromatic carbocycles. The maximum atomic E-state index is 7.07. The molecule has 0 amide bonds. The molecule has 0 saturated carbocycles. The SMILES string of the molecule is CCCCCCCCCCCCO[C@H]1Cc2c(OCc3ccccc3)cc(OCc3ccccc3)cc2O[C@@H]1c1ccc(OCc2ccccc2)c(OCc2ccccc2)c1. The van der Waals surface area contributed by atoms with Crippen molar-refractivity contribution in [1.82, 2.24) is 0 Å². The highest BCUT2D eigenvalue weighted by molar-refractivity contribution is 5.53. The van der Waals surface area contributed by atoms with Crippen LogP contribution in [0.15, 0.2) is 152 Å². The summed E-state index contributed by atoms with van der Waals surface area (Å²) in [5, 5.41) is 0. The minimum Gasteiger partial charge on any atom is -0.489 e. The second-order valence-electron chi connectivity index (χ2n) is 16.0. The van der Waals surface area contributed by atoms with E-state index in [2.05, 4.69) is 67.6 Å². The molecule has 1 heterocycles. The second kappa shape index (κ2) is 23.9. The van der Waals surface area contributed by atoms with Crippen LogP contribution < -0.4 is 23.7 Å². The summed E-state index contributed by atoms with van der Waals surface area (Å²) in [4.78, 5) is 0. The molecule has 0 bridgehead atoms. The van der Waals surface area contributed by atoms with Crippen LogP contribution in [0, 0.1) is 0 Å². The van der Waals surface area contributed by atoms with Crippen molar-refractivity contribution >= 4 is 0 Å². The molecule has 0 aliphatic carbocycles. The van der Waals surface area contributed by atoms with Crippen molar-refractivity contribution in [2.24, 2.45) is 0 Å². The minimum absolute atomic E-state index is 0.265. The Bertz CT molecular complexity index is 2140. The van der Waals surface area contributed by atoms with Gasteiger partial charge in [-0.3, -0.25) is 0 Å². The molecule has 0 unspecified atom stereocenters. The van der Waals surface area contributed by atoms with E-state index in [1.54, 1.807) is 0 Å². The van der Waals surface area contributed by atoms with Crippen LogP contribution in [0.4, 0.5) is 0 Å². The van der Waals surface area contributed by atoms with Gasteiger partial charge < -0.3 is 28.4 Å². The van der Waals surface area contributed by atoms with E-state index in [1.807, 2.05) is 91.0 Å². The van der Waals surface area contributed by atoms with Crippen LogP contribution in [0.3, 0.4) is 0 Å². The van der Waals surface area contributed by atoms with Crippen LogP contribution in [0.5, 0.6) is 28.7 Å². The van der Waals surface area contributed by atoms with Crippen LogP contribution in [-0.2, 0) is 37.6 Å². The first-order chi connectivity index (χ1) is 30.2. The average molecular weight is 819 g/mol. The van der Waals surface area contributed by atoms with Gasteiger partial charge in [-0.2, -0.15) is 0 Å². The lowest BCUT2D eigenvalue weighted by atomic mass is 9.93. The standard InChI is InChI=1S/C55H62O6/c1-2-3-4-5-6-7-8-9-10-23-34-56-54-38-49-51(59-41-45-28-19-13-20-29-45)36-48(57-39-43-24-15-11-16-25-43)37-52(49)61-55(54)47-32-33-50(58-40-44-26-17-12-18-27-44)53(35-47)60-42-46-30-21-14-22-31-46/h11-22,24-33,35-37,54-55H,2-10,23,34,38-42H2,1H3/t54-,55+/m0/s1. The summed E-state index contributed by atoms with van der Waals surface area (Å²) in [6.07, 6.45) is 12.7. The van der Waals surface area contributed by atoms with E-state index in [0.29, 0.717) is 56.7 Å². The van der Waals surface area contributed by atoms with E-state index in [4.69, 9.17) is 28.4 Å². The predicted molar refractivity (Wildman–Crippen MR) is 245 cm³/mol. The molecule has 1 aliphatic heterocycles. The summed E-state index contributed by atoms with van der Waals surface area (Å²) in [5.41, 5.74) is 6.28. The summed E-state index contributed by atoms with van der Waals surface area (Å²) >= 11 is 0. The van der Waals surface area contributed by atoms with Gasteiger partial charge in [-0.15, -0.1) is 0 Å². The fourth-order valence-electron chi connectivity index (χ4n) is 7.77. The van der Waals surface area contributed by atoms with Crippen LogP contribution in [-0.4, -0.2) is 12.7 Å². The number of rotatable bonds is 25. The third kappa shape index (κ3) is 13.6. The molecule has 1 aliphatic rings. The van der Waals surface area contributed by atoms with Gasteiger partial charge in [0, 0.05) is 30.7 Å². The van der Waals surface area contributed by atoms with E-state index in [-0.39, 0.29) is 6.10 Å². The number of unbranched alkanes of at least 4 members (excludes halogenated alkanes) is 9. The van der Waals surface area contributed by atoms with Crippen molar-refractivity contribution in [3.05, 3.63) is 185 Å². The molecule has 0 radical (unpaired) electrons. The maximum Gasteiger partial charge on any atom is 0.162 e. The van der Waals surface area contributed by atoms with Gasteiger partial charge in [0.15, 0.2) is 17.6 Å². The van der Waals surface area contributed by atoms with Crippen LogP contribution in [0.1, 0.15) is 111 Å². The van der Waals surface area contributed by atoms with Gasteiger partial charge in [0.2, 0.25) is 0 Å². The first kappa shape index (κ1) is 43.4. The molecule has 2 atom stereocenters. The van der Waals surface area contributed by atoms with Gasteiger partial charge in [0.05, 0.1) is 0 Å². The van der Waals surface area contributed by atoms with E-state index < -0.39 is 6.10 Å². The highest BCUT2D eigenvalue weighted by Crippen LogP contribution is 2.45. The zero-order chi connectivity index (χ0) is 41.7. The maximum absolute atomic E-state index is 7.07. The molecule has 318 valence electrons. The zero-order valence-corrected chi connectivity index (χ0v) is 35.9. The third-order valence-corrected chi connectivity index (χ3v) is 11.2. The molecule has 6 nitrogen and oxygen atoms in total. The van der Waals surface area contributed by atoms with Crippen molar-refractivity contribution in [3.63, 3.8) is 0 Å². The number of fused-ring (bicyclic) bond motifs is 1. The van der Waals surface area contributed by atoms with E-state index in [9.17, 15) is 0 Å². The molecule has 6 aromatic rings. The van der Waals surface area contributed by atoms with Gasteiger partial charge in [-0.05, 0) is 46.4 Å². The van der Waals surface area contributed by atoms with Gasteiger partial charge in [-0.25, -0.2) is 0 Å². The lowest BCUT2D eigenvalue weighted by molar-refractivity contribution is -0.0395. The Morgan fingerprint density at radius 1 is 0.459 bits per heavy atom. The Kier molecular flexibility index (Phi) is 17.0. The highest BCUT2D eigenvalue weighted by atomic mass is 16.5. The lowest BCUT2D eigenvalue weighted by Gasteiger charge is -2.35. The molecule has 0 spiro atoms. The Morgan fingerprint density at radius 3 is 1.48 bits per heavy atom. The van der Waals surface area contributed by atoms with Gasteiger partial charge in [0.1, 0.15) is 49.8 Å². The van der Waals surface area contributed by atoms with E-state index in [0.717, 1.165) is 57.7 Å². The van der Waals surface area contributed by atoms with Gasteiger partial charge >= 0.3 is 0 Å². The van der Waals surface area contributed by atoms with Crippen molar-refractivity contribution in [2.45, 2.75) is 116 Å². The smallest absolute Gasteiger partial charge is 0.162 e. The largest absolute Gasteiger partial charge is 0.489 e. The third-order valence-electron chi connectivity index (χ3n) is 11.2. The molecule has 61 heavy (non-hydrogen) atoms. The van der Waals surface area contributed by atoms with Crippen molar-refractivity contribution in [3.8, 4) is 28.7 Å². The van der Waals surface area contributed by atoms with E-state index >= 15 is 0 Å². The topological polar surface area (TPSA) is 55.4 Å². The number of hydrogen-bond donors (Lipinski definition) is 0. The number of benzene rings is 6. The average Bonchev–Trinajstić information content (AvgIpc) is 3.31. The predicted octanol–water partition coefficient (Wildman–Crippen LogP) is 14.0. The first-order valence-electron chi connectivity index (χ1n) is 22.5. The monoisotopic (exact) mass is 818 g/mol. The molecule has 0 saturated heterocycles. The molecule has 7 rings (SSSR count). The molecule has 0 fully saturated rings. The molecule has 0 aromatic heterocycles. The van der Waals surface area contributed by atoms with Gasteiger partial charge in [0.25, 0.3) is 0 Å². The first-order valence-corrected chi connectivity index (χ1v) is 22.5. The molecular weight excluding hydrogens is 757 g/mol. The molecule has 0 N–H and O–H groups in total. The fourth-order valence-corrected chi connectivity index (χ4v) is 7.77. The highest BCUT2D eigenvalue weighted by Gasteiger charge is 2.35. The Labute approximate surface area is 363 Å². The Balaban J connectivity index is 1.14. The van der Waals surface area contributed by atoms with Crippen molar-refractivity contribution in [1.29, 1.82) is 0 Å². The van der Waals surface area contributed by atoms with E-state index in [1.165, 1.54) is 51.4 Å². The summed E-state index contributed by atoms with van der Waals surface area (Å²) in [6, 6.07) is 51.0. The Hall–Kier alpha value is -5.72. The minimum atomic E-state index is -0.413. The van der Waals surface area contributed by atoms with Crippen LogP contribution >= 0.6 is 0 Å². The van der Waals surface area contributed by atoms with Gasteiger partial charge in [-0.1, -0.05) is 192 Å².